The molecule has 5 heteroatoms. The summed E-state index contributed by atoms with van der Waals surface area (Å²) in [5.74, 6) is 1.49. The maximum absolute atomic E-state index is 10.1. The molecule has 1 aliphatic heterocycles. The first kappa shape index (κ1) is 16.2. The average molecular weight is 308 g/mol. The van der Waals surface area contributed by atoms with Gasteiger partial charge in [0.05, 0.1) is 0 Å². The first-order valence-corrected chi connectivity index (χ1v) is 7.88. The highest BCUT2D eigenvalue weighted by atomic mass is 32.1. The molecule has 1 atom stereocenters. The Hall–Kier alpha value is -1.17. The van der Waals surface area contributed by atoms with Crippen LogP contribution in [0.4, 0.5) is 0 Å². The number of hydrogen-bond donors (Lipinski definition) is 2. The predicted octanol–water partition coefficient (Wildman–Crippen LogP) is 1.79. The second kappa shape index (κ2) is 7.73. The van der Waals surface area contributed by atoms with E-state index in [9.17, 15) is 5.11 Å². The summed E-state index contributed by atoms with van der Waals surface area (Å²) in [4.78, 5) is 2.66. The van der Waals surface area contributed by atoms with E-state index in [1.165, 1.54) is 12.8 Å². The zero-order chi connectivity index (χ0) is 15.2. The van der Waals surface area contributed by atoms with Gasteiger partial charge in [0, 0.05) is 12.1 Å². The van der Waals surface area contributed by atoms with Gasteiger partial charge in [-0.05, 0) is 44.0 Å². The van der Waals surface area contributed by atoms with Gasteiger partial charge in [-0.2, -0.15) is 0 Å². The fourth-order valence-electron chi connectivity index (χ4n) is 2.53. The van der Waals surface area contributed by atoms with Gasteiger partial charge in [0.2, 0.25) is 0 Å². The van der Waals surface area contributed by atoms with E-state index in [0.29, 0.717) is 17.3 Å². The molecule has 1 aromatic rings. The first-order valence-electron chi connectivity index (χ1n) is 7.47. The van der Waals surface area contributed by atoms with Crippen molar-refractivity contribution in [1.82, 2.24) is 4.90 Å². The number of aliphatic hydroxyl groups is 1. The Morgan fingerprint density at radius 1 is 1.48 bits per heavy atom. The lowest BCUT2D eigenvalue weighted by Crippen LogP contribution is -2.40. The number of β-amino-alcohol motifs (C(OH)–C–C–N with tert-alkyl or cyclic N) is 1. The summed E-state index contributed by atoms with van der Waals surface area (Å²) >= 11 is 4.94. The van der Waals surface area contributed by atoms with Crippen LogP contribution in [0.3, 0.4) is 0 Å². The molecule has 116 valence electrons. The lowest BCUT2D eigenvalue weighted by molar-refractivity contribution is 0.0563. The van der Waals surface area contributed by atoms with E-state index < -0.39 is 6.10 Å². The third-order valence-electron chi connectivity index (χ3n) is 3.91. The number of piperidine rings is 1. The molecule has 21 heavy (non-hydrogen) atoms. The molecule has 1 heterocycles. The van der Waals surface area contributed by atoms with E-state index >= 15 is 0 Å². The van der Waals surface area contributed by atoms with Gasteiger partial charge >= 0.3 is 0 Å². The van der Waals surface area contributed by atoms with Crippen molar-refractivity contribution in [2.75, 3.05) is 26.2 Å². The summed E-state index contributed by atoms with van der Waals surface area (Å²) in [5.41, 5.74) is 6.37. The lowest BCUT2D eigenvalue weighted by atomic mass is 9.99. The average Bonchev–Trinajstić information content (AvgIpc) is 2.48. The van der Waals surface area contributed by atoms with E-state index in [2.05, 4.69) is 11.8 Å². The van der Waals surface area contributed by atoms with Crippen LogP contribution < -0.4 is 10.5 Å². The Morgan fingerprint density at radius 2 is 2.19 bits per heavy atom. The van der Waals surface area contributed by atoms with Crippen LogP contribution in [0.1, 0.15) is 25.3 Å². The maximum Gasteiger partial charge on any atom is 0.120 e. The number of thiocarbonyl (C=S) groups is 1. The summed E-state index contributed by atoms with van der Waals surface area (Å²) in [6.07, 6.45) is 1.94. The molecule has 3 N–H and O–H groups in total. The number of nitrogens with zero attached hydrogens (tertiary/aromatic N) is 1. The van der Waals surface area contributed by atoms with E-state index in [1.54, 1.807) is 6.07 Å². The molecule has 0 saturated carbocycles. The molecule has 4 nitrogen and oxygen atoms in total. The van der Waals surface area contributed by atoms with Crippen molar-refractivity contribution in [2.45, 2.75) is 25.9 Å². The minimum atomic E-state index is -0.480. The molecule has 0 spiro atoms. The van der Waals surface area contributed by atoms with Crippen LogP contribution in [0.2, 0.25) is 0 Å². The van der Waals surface area contributed by atoms with Gasteiger partial charge in [-0.1, -0.05) is 31.3 Å². The molecular formula is C16H24N2O2S. The van der Waals surface area contributed by atoms with Crippen molar-refractivity contribution in [3.63, 3.8) is 0 Å². The molecule has 2 rings (SSSR count). The molecule has 0 radical (unpaired) electrons. The number of likely N-dealkylation sites (tertiary alicyclic amines) is 1. The van der Waals surface area contributed by atoms with Gasteiger partial charge in [-0.25, -0.2) is 0 Å². The highest BCUT2D eigenvalue weighted by Crippen LogP contribution is 2.17. The van der Waals surface area contributed by atoms with Gasteiger partial charge < -0.3 is 20.5 Å². The van der Waals surface area contributed by atoms with Crippen molar-refractivity contribution in [1.29, 1.82) is 0 Å². The summed E-state index contributed by atoms with van der Waals surface area (Å²) in [7, 11) is 0. The molecule has 0 aliphatic carbocycles. The topological polar surface area (TPSA) is 58.7 Å². The Kier molecular flexibility index (Phi) is 5.96. The van der Waals surface area contributed by atoms with Gasteiger partial charge in [-0.15, -0.1) is 0 Å². The fraction of sp³-hybridized carbons (Fsp3) is 0.562. The van der Waals surface area contributed by atoms with Crippen LogP contribution in [0.25, 0.3) is 0 Å². The monoisotopic (exact) mass is 308 g/mol. The van der Waals surface area contributed by atoms with Crippen molar-refractivity contribution in [3.8, 4) is 5.75 Å². The highest BCUT2D eigenvalue weighted by Gasteiger charge is 2.18. The molecule has 1 saturated heterocycles. The van der Waals surface area contributed by atoms with Gasteiger partial charge in [0.1, 0.15) is 23.4 Å². The summed E-state index contributed by atoms with van der Waals surface area (Å²) in [6, 6.07) is 7.34. The molecule has 1 fully saturated rings. The molecule has 0 amide bonds. The summed E-state index contributed by atoms with van der Waals surface area (Å²) < 4.78 is 5.63. The van der Waals surface area contributed by atoms with E-state index in [0.717, 1.165) is 24.6 Å². The number of benzene rings is 1. The Balaban J connectivity index is 1.77. The molecule has 0 aromatic heterocycles. The van der Waals surface area contributed by atoms with E-state index in [1.807, 2.05) is 18.2 Å². The van der Waals surface area contributed by atoms with Crippen LogP contribution >= 0.6 is 12.2 Å². The Bertz CT molecular complexity index is 473. The summed E-state index contributed by atoms with van der Waals surface area (Å²) in [5, 5.41) is 10.1. The normalized spacial score (nSPS) is 18.4. The highest BCUT2D eigenvalue weighted by molar-refractivity contribution is 7.80. The van der Waals surface area contributed by atoms with E-state index in [-0.39, 0.29) is 6.61 Å². The fourth-order valence-corrected chi connectivity index (χ4v) is 2.65. The predicted molar refractivity (Wildman–Crippen MR) is 88.7 cm³/mol. The van der Waals surface area contributed by atoms with Crippen LogP contribution in [-0.2, 0) is 0 Å². The minimum absolute atomic E-state index is 0.285. The second-order valence-corrected chi connectivity index (χ2v) is 6.28. The summed E-state index contributed by atoms with van der Waals surface area (Å²) in [6.45, 7) is 5.37. The zero-order valence-electron chi connectivity index (χ0n) is 12.5. The van der Waals surface area contributed by atoms with Gasteiger partial charge in [0.25, 0.3) is 0 Å². The Labute approximate surface area is 131 Å². The van der Waals surface area contributed by atoms with Crippen LogP contribution in [0.5, 0.6) is 5.75 Å². The molecular weight excluding hydrogens is 284 g/mol. The van der Waals surface area contributed by atoms with Gasteiger partial charge in [-0.3, -0.25) is 0 Å². The van der Waals surface area contributed by atoms with Crippen LogP contribution in [-0.4, -0.2) is 47.3 Å². The maximum atomic E-state index is 10.1. The quantitative estimate of drug-likeness (QED) is 0.785. The first-order chi connectivity index (χ1) is 10.0. The van der Waals surface area contributed by atoms with Crippen molar-refractivity contribution in [3.05, 3.63) is 29.8 Å². The molecule has 1 aromatic carbocycles. The number of hydrogen-bond acceptors (Lipinski definition) is 4. The molecule has 1 aliphatic rings. The largest absolute Gasteiger partial charge is 0.491 e. The standard InChI is InChI=1S/C16H24N2O2S/c1-12-5-7-18(8-6-12)10-14(19)11-20-15-4-2-3-13(9-15)16(17)21/h2-4,9,12,14,19H,5-8,10-11H2,1H3,(H2,17,21). The lowest BCUT2D eigenvalue weighted by Gasteiger charge is -2.31. The minimum Gasteiger partial charge on any atom is -0.491 e. The third kappa shape index (κ3) is 5.26. The second-order valence-electron chi connectivity index (χ2n) is 5.84. The zero-order valence-corrected chi connectivity index (χ0v) is 13.3. The van der Waals surface area contributed by atoms with Crippen molar-refractivity contribution >= 4 is 17.2 Å². The van der Waals surface area contributed by atoms with Crippen LogP contribution in [0, 0.1) is 5.92 Å². The molecule has 1 unspecified atom stereocenters. The van der Waals surface area contributed by atoms with E-state index in [4.69, 9.17) is 22.7 Å². The molecule has 0 bridgehead atoms. The SMILES string of the molecule is CC1CCN(CC(O)COc2cccc(C(N)=S)c2)CC1. The van der Waals surface area contributed by atoms with Crippen molar-refractivity contribution < 1.29 is 9.84 Å². The number of ether oxygens (including phenoxy) is 1. The number of rotatable bonds is 6. The number of aliphatic hydroxyl groups excluding tert-OH is 1. The van der Waals surface area contributed by atoms with Gasteiger partial charge in [0.15, 0.2) is 0 Å². The van der Waals surface area contributed by atoms with Crippen molar-refractivity contribution in [2.24, 2.45) is 11.7 Å². The smallest absolute Gasteiger partial charge is 0.120 e. The third-order valence-corrected chi connectivity index (χ3v) is 4.14. The van der Waals surface area contributed by atoms with Crippen LogP contribution in [0.15, 0.2) is 24.3 Å². The Morgan fingerprint density at radius 3 is 2.86 bits per heavy atom. The number of nitrogens with two attached hydrogens (primary N) is 1.